The molecule has 0 aliphatic carbocycles. The Morgan fingerprint density at radius 2 is 2.23 bits per heavy atom. The van der Waals surface area contributed by atoms with Crippen molar-refractivity contribution in [2.75, 3.05) is 19.8 Å². The van der Waals surface area contributed by atoms with E-state index in [4.69, 9.17) is 4.74 Å². The van der Waals surface area contributed by atoms with Crippen LogP contribution in [0.15, 0.2) is 35.1 Å². The molecule has 3 N–H and O–H groups in total. The number of rotatable bonds is 5. The molecule has 3 rings (SSSR count). The van der Waals surface area contributed by atoms with Gasteiger partial charge in [-0.3, -0.25) is 9.88 Å². The minimum atomic E-state index is -0.534. The third-order valence-electron chi connectivity index (χ3n) is 3.93. The summed E-state index contributed by atoms with van der Waals surface area (Å²) >= 11 is 0. The second-order valence-electron chi connectivity index (χ2n) is 5.49. The average Bonchev–Trinajstić information content (AvgIpc) is 2.95. The molecule has 0 radical (unpaired) electrons. The number of aliphatic hydroxyl groups is 1. The van der Waals surface area contributed by atoms with Crippen LogP contribution in [0.3, 0.4) is 0 Å². The summed E-state index contributed by atoms with van der Waals surface area (Å²) in [6, 6.07) is 9.70. The minimum Gasteiger partial charge on any atom is -0.388 e. The SMILES string of the molecule is O=c1[nH]nc(CN2CCOCC2CC(O)c2ccccc2)[nH]1. The van der Waals surface area contributed by atoms with E-state index in [0.29, 0.717) is 32.0 Å². The van der Waals surface area contributed by atoms with Gasteiger partial charge in [0.25, 0.3) is 0 Å². The van der Waals surface area contributed by atoms with Gasteiger partial charge < -0.3 is 9.84 Å². The molecule has 22 heavy (non-hydrogen) atoms. The van der Waals surface area contributed by atoms with Crippen LogP contribution in [0.4, 0.5) is 0 Å². The van der Waals surface area contributed by atoms with Gasteiger partial charge in [0.2, 0.25) is 0 Å². The third kappa shape index (κ3) is 3.62. The molecule has 1 fully saturated rings. The van der Waals surface area contributed by atoms with E-state index in [1.165, 1.54) is 0 Å². The number of aliphatic hydroxyl groups excluding tert-OH is 1. The zero-order valence-electron chi connectivity index (χ0n) is 12.2. The van der Waals surface area contributed by atoms with Gasteiger partial charge in [-0.25, -0.2) is 9.89 Å². The number of morpholine rings is 1. The van der Waals surface area contributed by atoms with E-state index in [1.807, 2.05) is 30.3 Å². The number of hydrogen-bond donors (Lipinski definition) is 3. The number of nitrogens with one attached hydrogen (secondary N) is 2. The summed E-state index contributed by atoms with van der Waals surface area (Å²) in [5.74, 6) is 0.603. The van der Waals surface area contributed by atoms with Gasteiger partial charge in [-0.05, 0) is 12.0 Å². The summed E-state index contributed by atoms with van der Waals surface area (Å²) in [5, 5.41) is 16.7. The van der Waals surface area contributed by atoms with Crippen LogP contribution in [0.5, 0.6) is 0 Å². The molecule has 1 aromatic heterocycles. The first kappa shape index (κ1) is 15.0. The lowest BCUT2D eigenvalue weighted by Gasteiger charge is -2.36. The van der Waals surface area contributed by atoms with Gasteiger partial charge >= 0.3 is 5.69 Å². The number of ether oxygens (including phenoxy) is 1. The molecule has 0 bridgehead atoms. The summed E-state index contributed by atoms with van der Waals surface area (Å²) in [6.45, 7) is 2.50. The first-order valence-electron chi connectivity index (χ1n) is 7.41. The highest BCUT2D eigenvalue weighted by atomic mass is 16.5. The summed E-state index contributed by atoms with van der Waals surface area (Å²) < 4.78 is 5.54. The Labute approximate surface area is 127 Å². The molecule has 0 saturated carbocycles. The van der Waals surface area contributed by atoms with Crippen LogP contribution in [-0.4, -0.2) is 51.0 Å². The number of benzene rings is 1. The van der Waals surface area contributed by atoms with Gasteiger partial charge in [-0.2, -0.15) is 5.10 Å². The van der Waals surface area contributed by atoms with Crippen LogP contribution in [0.1, 0.15) is 23.9 Å². The largest absolute Gasteiger partial charge is 0.388 e. The highest BCUT2D eigenvalue weighted by Crippen LogP contribution is 2.23. The highest BCUT2D eigenvalue weighted by Gasteiger charge is 2.26. The molecule has 1 aliphatic heterocycles. The standard InChI is InChI=1S/C15H20N4O3/c20-13(11-4-2-1-3-5-11)8-12-10-22-7-6-19(12)9-14-16-15(21)18-17-14/h1-5,12-13,20H,6-10H2,(H2,16,17,18,21). The second-order valence-corrected chi connectivity index (χ2v) is 5.49. The molecule has 2 atom stereocenters. The van der Waals surface area contributed by atoms with E-state index in [9.17, 15) is 9.90 Å². The Bertz CT molecular complexity index is 639. The van der Waals surface area contributed by atoms with E-state index >= 15 is 0 Å². The summed E-state index contributed by atoms with van der Waals surface area (Å²) in [6.07, 6.45) is 0.0483. The Hall–Kier alpha value is -1.96. The summed E-state index contributed by atoms with van der Waals surface area (Å²) in [5.41, 5.74) is 0.602. The molecule has 1 saturated heterocycles. The molecule has 0 amide bonds. The molecule has 118 valence electrons. The van der Waals surface area contributed by atoms with E-state index < -0.39 is 6.10 Å². The minimum absolute atomic E-state index is 0.0872. The van der Waals surface area contributed by atoms with Gasteiger partial charge in [0, 0.05) is 12.6 Å². The quantitative estimate of drug-likeness (QED) is 0.744. The molecular formula is C15H20N4O3. The summed E-state index contributed by atoms with van der Waals surface area (Å²) in [4.78, 5) is 16.0. The smallest absolute Gasteiger partial charge is 0.340 e. The molecule has 1 aromatic carbocycles. The van der Waals surface area contributed by atoms with E-state index in [0.717, 1.165) is 12.1 Å². The van der Waals surface area contributed by atoms with Crippen LogP contribution in [-0.2, 0) is 11.3 Å². The van der Waals surface area contributed by atoms with Gasteiger partial charge in [0.05, 0.1) is 25.9 Å². The number of nitrogens with zero attached hydrogens (tertiary/aromatic N) is 2. The lowest BCUT2D eigenvalue weighted by molar-refractivity contribution is -0.0309. The summed E-state index contributed by atoms with van der Waals surface area (Å²) in [7, 11) is 0. The molecule has 2 heterocycles. The first-order chi connectivity index (χ1) is 10.7. The van der Waals surface area contributed by atoms with Crippen molar-refractivity contribution in [2.45, 2.75) is 25.1 Å². The molecule has 7 nitrogen and oxygen atoms in total. The fraction of sp³-hybridized carbons (Fsp3) is 0.467. The van der Waals surface area contributed by atoms with Crippen LogP contribution in [0.2, 0.25) is 0 Å². The number of hydrogen-bond acceptors (Lipinski definition) is 5. The molecule has 0 spiro atoms. The predicted octanol–water partition coefficient (Wildman–Crippen LogP) is 0.422. The van der Waals surface area contributed by atoms with Gasteiger partial charge in [0.1, 0.15) is 5.82 Å². The molecule has 7 heteroatoms. The van der Waals surface area contributed by atoms with Crippen molar-refractivity contribution in [1.29, 1.82) is 0 Å². The maximum atomic E-state index is 11.1. The van der Waals surface area contributed by atoms with Crippen LogP contribution in [0.25, 0.3) is 0 Å². The topological polar surface area (TPSA) is 94.2 Å². The maximum absolute atomic E-state index is 11.1. The highest BCUT2D eigenvalue weighted by molar-refractivity contribution is 5.17. The lowest BCUT2D eigenvalue weighted by Crippen LogP contribution is -2.45. The first-order valence-corrected chi connectivity index (χ1v) is 7.41. The predicted molar refractivity (Wildman–Crippen MR) is 80.2 cm³/mol. The zero-order chi connectivity index (χ0) is 15.4. The Morgan fingerprint density at radius 3 is 2.95 bits per heavy atom. The Morgan fingerprint density at radius 1 is 1.41 bits per heavy atom. The second kappa shape index (κ2) is 6.87. The zero-order valence-corrected chi connectivity index (χ0v) is 12.2. The van der Waals surface area contributed by atoms with E-state index in [2.05, 4.69) is 20.1 Å². The van der Waals surface area contributed by atoms with Crippen molar-refractivity contribution >= 4 is 0 Å². The monoisotopic (exact) mass is 304 g/mol. The average molecular weight is 304 g/mol. The Balaban J connectivity index is 1.66. The van der Waals surface area contributed by atoms with Crippen molar-refractivity contribution in [3.8, 4) is 0 Å². The van der Waals surface area contributed by atoms with Crippen molar-refractivity contribution in [3.05, 3.63) is 52.2 Å². The van der Waals surface area contributed by atoms with Crippen molar-refractivity contribution in [3.63, 3.8) is 0 Å². The van der Waals surface area contributed by atoms with Crippen LogP contribution < -0.4 is 5.69 Å². The van der Waals surface area contributed by atoms with Gasteiger partial charge in [-0.15, -0.1) is 0 Å². The fourth-order valence-corrected chi connectivity index (χ4v) is 2.76. The third-order valence-corrected chi connectivity index (χ3v) is 3.93. The number of aromatic amines is 2. The number of H-pyrrole nitrogens is 2. The van der Waals surface area contributed by atoms with E-state index in [-0.39, 0.29) is 11.7 Å². The normalized spacial score (nSPS) is 20.9. The van der Waals surface area contributed by atoms with Crippen LogP contribution >= 0.6 is 0 Å². The molecule has 2 unspecified atom stereocenters. The molecule has 1 aliphatic rings. The lowest BCUT2D eigenvalue weighted by atomic mass is 10.0. The van der Waals surface area contributed by atoms with Crippen molar-refractivity contribution in [2.24, 2.45) is 0 Å². The van der Waals surface area contributed by atoms with E-state index in [1.54, 1.807) is 0 Å². The van der Waals surface area contributed by atoms with Crippen molar-refractivity contribution < 1.29 is 9.84 Å². The van der Waals surface area contributed by atoms with Crippen LogP contribution in [0, 0.1) is 0 Å². The van der Waals surface area contributed by atoms with Crippen molar-refractivity contribution in [1.82, 2.24) is 20.1 Å². The maximum Gasteiger partial charge on any atom is 0.340 e. The number of aromatic nitrogens is 3. The van der Waals surface area contributed by atoms with Gasteiger partial charge in [-0.1, -0.05) is 30.3 Å². The molecular weight excluding hydrogens is 284 g/mol. The Kier molecular flexibility index (Phi) is 4.67. The van der Waals surface area contributed by atoms with Gasteiger partial charge in [0.15, 0.2) is 0 Å². The molecule has 2 aromatic rings. The fourth-order valence-electron chi connectivity index (χ4n) is 2.76.